The van der Waals surface area contributed by atoms with Gasteiger partial charge in [-0.25, -0.2) is 9.78 Å². The molecule has 0 aliphatic carbocycles. The van der Waals surface area contributed by atoms with Gasteiger partial charge in [-0.05, 0) is 31.7 Å². The van der Waals surface area contributed by atoms with Gasteiger partial charge in [0.25, 0.3) is 0 Å². The van der Waals surface area contributed by atoms with Gasteiger partial charge in [-0.3, -0.25) is 0 Å². The summed E-state index contributed by atoms with van der Waals surface area (Å²) in [4.78, 5) is 18.3. The molecule has 0 amide bonds. The standard InChI is InChI=1S/C14H21N3O2/c1-3-10-6-4-5-7-17(10)13-8-11(14(18)19-2)12(15)9-16-13/h8-10H,3-7,15H2,1-2H3. The van der Waals surface area contributed by atoms with Crippen LogP contribution in [0, 0.1) is 0 Å². The van der Waals surface area contributed by atoms with E-state index in [0.29, 0.717) is 17.3 Å². The monoisotopic (exact) mass is 263 g/mol. The van der Waals surface area contributed by atoms with E-state index in [-0.39, 0.29) is 0 Å². The second-order valence-electron chi connectivity index (χ2n) is 4.87. The van der Waals surface area contributed by atoms with Crippen LogP contribution in [0.3, 0.4) is 0 Å². The summed E-state index contributed by atoms with van der Waals surface area (Å²) in [5.74, 6) is 0.410. The van der Waals surface area contributed by atoms with Gasteiger partial charge in [0, 0.05) is 12.6 Å². The number of hydrogen-bond donors (Lipinski definition) is 1. The van der Waals surface area contributed by atoms with E-state index in [9.17, 15) is 4.79 Å². The maximum Gasteiger partial charge on any atom is 0.340 e. The first-order valence-corrected chi connectivity index (χ1v) is 6.77. The molecule has 1 aromatic rings. The molecule has 5 heteroatoms. The maximum atomic E-state index is 11.7. The molecule has 104 valence electrons. The number of nitrogen functional groups attached to an aromatic ring is 1. The molecule has 1 aliphatic rings. The highest BCUT2D eigenvalue weighted by Gasteiger charge is 2.23. The molecule has 2 heterocycles. The molecule has 0 aromatic carbocycles. The highest BCUT2D eigenvalue weighted by molar-refractivity contribution is 5.95. The van der Waals surface area contributed by atoms with Gasteiger partial charge in [-0.2, -0.15) is 0 Å². The van der Waals surface area contributed by atoms with Crippen LogP contribution in [0.15, 0.2) is 12.3 Å². The van der Waals surface area contributed by atoms with Gasteiger partial charge in [-0.15, -0.1) is 0 Å². The zero-order valence-electron chi connectivity index (χ0n) is 11.6. The highest BCUT2D eigenvalue weighted by atomic mass is 16.5. The van der Waals surface area contributed by atoms with Crippen molar-refractivity contribution in [1.82, 2.24) is 4.98 Å². The van der Waals surface area contributed by atoms with Crippen LogP contribution in [0.2, 0.25) is 0 Å². The van der Waals surface area contributed by atoms with Gasteiger partial charge in [-0.1, -0.05) is 6.92 Å². The van der Waals surface area contributed by atoms with Crippen molar-refractivity contribution < 1.29 is 9.53 Å². The van der Waals surface area contributed by atoms with Gasteiger partial charge in [0.05, 0.1) is 24.6 Å². The van der Waals surface area contributed by atoms with E-state index in [2.05, 4.69) is 16.8 Å². The van der Waals surface area contributed by atoms with Crippen molar-refractivity contribution in [1.29, 1.82) is 0 Å². The number of carbonyl (C=O) groups excluding carboxylic acids is 1. The van der Waals surface area contributed by atoms with E-state index < -0.39 is 5.97 Å². The molecule has 19 heavy (non-hydrogen) atoms. The molecule has 1 aliphatic heterocycles. The van der Waals surface area contributed by atoms with Crippen molar-refractivity contribution in [2.45, 2.75) is 38.6 Å². The third-order valence-electron chi connectivity index (χ3n) is 3.72. The highest BCUT2D eigenvalue weighted by Crippen LogP contribution is 2.27. The minimum Gasteiger partial charge on any atom is -0.465 e. The molecule has 5 nitrogen and oxygen atoms in total. The summed E-state index contributed by atoms with van der Waals surface area (Å²) < 4.78 is 4.75. The minimum absolute atomic E-state index is 0.362. The number of hydrogen-bond acceptors (Lipinski definition) is 5. The van der Waals surface area contributed by atoms with E-state index in [4.69, 9.17) is 10.5 Å². The van der Waals surface area contributed by atoms with E-state index in [1.165, 1.54) is 20.0 Å². The van der Waals surface area contributed by atoms with Crippen molar-refractivity contribution >= 4 is 17.5 Å². The third-order valence-corrected chi connectivity index (χ3v) is 3.72. The number of piperidine rings is 1. The number of methoxy groups -OCH3 is 1. The van der Waals surface area contributed by atoms with E-state index in [0.717, 1.165) is 25.2 Å². The molecular weight excluding hydrogens is 242 g/mol. The molecule has 1 fully saturated rings. The van der Waals surface area contributed by atoms with Crippen molar-refractivity contribution in [3.05, 3.63) is 17.8 Å². The molecule has 1 unspecified atom stereocenters. The van der Waals surface area contributed by atoms with Crippen LogP contribution in [0.5, 0.6) is 0 Å². The van der Waals surface area contributed by atoms with Crippen molar-refractivity contribution in [3.63, 3.8) is 0 Å². The van der Waals surface area contributed by atoms with Crippen LogP contribution in [-0.2, 0) is 4.74 Å². The molecular formula is C14H21N3O2. The molecule has 1 atom stereocenters. The van der Waals surface area contributed by atoms with Gasteiger partial charge >= 0.3 is 5.97 Å². The summed E-state index contributed by atoms with van der Waals surface area (Å²) in [6, 6.07) is 2.24. The van der Waals surface area contributed by atoms with Crippen LogP contribution in [0.25, 0.3) is 0 Å². The summed E-state index contributed by atoms with van der Waals surface area (Å²) in [6.07, 6.45) is 6.22. The Hall–Kier alpha value is -1.78. The maximum absolute atomic E-state index is 11.7. The first-order chi connectivity index (χ1) is 9.17. The SMILES string of the molecule is CCC1CCCCN1c1cc(C(=O)OC)c(N)cn1. The predicted octanol–water partition coefficient (Wildman–Crippen LogP) is 2.22. The minimum atomic E-state index is -0.411. The Balaban J connectivity index is 2.31. The quantitative estimate of drug-likeness (QED) is 0.847. The number of nitrogens with zero attached hydrogens (tertiary/aromatic N) is 2. The number of aromatic nitrogens is 1. The smallest absolute Gasteiger partial charge is 0.340 e. The topological polar surface area (TPSA) is 68.5 Å². The van der Waals surface area contributed by atoms with Crippen molar-refractivity contribution in [3.8, 4) is 0 Å². The number of ether oxygens (including phenoxy) is 1. The lowest BCUT2D eigenvalue weighted by atomic mass is 10.00. The van der Waals surface area contributed by atoms with Crippen LogP contribution in [0.4, 0.5) is 11.5 Å². The zero-order chi connectivity index (χ0) is 13.8. The van der Waals surface area contributed by atoms with Crippen LogP contribution < -0.4 is 10.6 Å². The average molecular weight is 263 g/mol. The number of carbonyl (C=O) groups is 1. The predicted molar refractivity (Wildman–Crippen MR) is 75.3 cm³/mol. The number of esters is 1. The third kappa shape index (κ3) is 2.80. The number of nitrogens with two attached hydrogens (primary N) is 1. The fourth-order valence-corrected chi connectivity index (χ4v) is 2.63. The number of anilines is 2. The summed E-state index contributed by atoms with van der Waals surface area (Å²) in [5.41, 5.74) is 6.54. The van der Waals surface area contributed by atoms with Crippen molar-refractivity contribution in [2.24, 2.45) is 0 Å². The van der Waals surface area contributed by atoms with Crippen molar-refractivity contribution in [2.75, 3.05) is 24.3 Å². The van der Waals surface area contributed by atoms with Gasteiger partial charge in [0.1, 0.15) is 5.82 Å². The van der Waals surface area contributed by atoms with E-state index in [1.807, 2.05) is 0 Å². The van der Waals surface area contributed by atoms with Gasteiger partial charge in [0.15, 0.2) is 0 Å². The lowest BCUT2D eigenvalue weighted by Crippen LogP contribution is -2.39. The molecule has 2 rings (SSSR count). The van der Waals surface area contributed by atoms with Crippen LogP contribution in [0.1, 0.15) is 43.0 Å². The second-order valence-corrected chi connectivity index (χ2v) is 4.87. The fraction of sp³-hybridized carbons (Fsp3) is 0.571. The van der Waals surface area contributed by atoms with E-state index in [1.54, 1.807) is 12.3 Å². The Morgan fingerprint density at radius 1 is 1.58 bits per heavy atom. The zero-order valence-corrected chi connectivity index (χ0v) is 11.6. The summed E-state index contributed by atoms with van der Waals surface area (Å²) in [5, 5.41) is 0. The summed E-state index contributed by atoms with van der Waals surface area (Å²) in [7, 11) is 1.36. The number of rotatable bonds is 3. The summed E-state index contributed by atoms with van der Waals surface area (Å²) >= 11 is 0. The molecule has 2 N–H and O–H groups in total. The summed E-state index contributed by atoms with van der Waals surface area (Å²) in [6.45, 7) is 3.16. The Labute approximate surface area is 113 Å². The fourth-order valence-electron chi connectivity index (χ4n) is 2.63. The van der Waals surface area contributed by atoms with Gasteiger partial charge in [0.2, 0.25) is 0 Å². The Morgan fingerprint density at radius 2 is 2.37 bits per heavy atom. The Morgan fingerprint density at radius 3 is 3.05 bits per heavy atom. The average Bonchev–Trinajstić information content (AvgIpc) is 2.47. The molecule has 0 radical (unpaired) electrons. The molecule has 0 saturated carbocycles. The first-order valence-electron chi connectivity index (χ1n) is 6.77. The molecule has 1 saturated heterocycles. The van der Waals surface area contributed by atoms with E-state index >= 15 is 0 Å². The van der Waals surface area contributed by atoms with Crippen LogP contribution in [-0.4, -0.2) is 30.6 Å². The lowest BCUT2D eigenvalue weighted by molar-refractivity contribution is 0.0602. The number of pyridine rings is 1. The molecule has 1 aromatic heterocycles. The first kappa shape index (κ1) is 13.6. The largest absolute Gasteiger partial charge is 0.465 e. The van der Waals surface area contributed by atoms with Gasteiger partial charge < -0.3 is 15.4 Å². The second kappa shape index (κ2) is 5.91. The lowest BCUT2D eigenvalue weighted by Gasteiger charge is -2.36. The molecule has 0 spiro atoms. The molecule has 0 bridgehead atoms. The normalized spacial score (nSPS) is 19.3. The Kier molecular flexibility index (Phi) is 4.24. The van der Waals surface area contributed by atoms with Crippen LogP contribution >= 0.6 is 0 Å². The Bertz CT molecular complexity index is 462.